The van der Waals surface area contributed by atoms with Gasteiger partial charge in [0.1, 0.15) is 0 Å². The molecule has 2 N–H and O–H groups in total. The van der Waals surface area contributed by atoms with E-state index in [0.717, 1.165) is 0 Å². The van der Waals surface area contributed by atoms with Crippen LogP contribution in [0.1, 0.15) is 35.3 Å². The number of nitrogens with one attached hydrogen (secondary N) is 2. The zero-order valence-electron chi connectivity index (χ0n) is 15.4. The van der Waals surface area contributed by atoms with Crippen molar-refractivity contribution < 1.29 is 22.7 Å². The quantitative estimate of drug-likeness (QED) is 0.634. The molecular formula is C19H21ClN2O5S. The lowest BCUT2D eigenvalue weighted by Gasteiger charge is -2.19. The van der Waals surface area contributed by atoms with Crippen molar-refractivity contribution in [2.75, 3.05) is 13.7 Å². The first-order valence-electron chi connectivity index (χ1n) is 8.50. The number of amides is 1. The van der Waals surface area contributed by atoms with Gasteiger partial charge in [0.05, 0.1) is 24.5 Å². The van der Waals surface area contributed by atoms with Crippen LogP contribution in [-0.4, -0.2) is 33.9 Å². The molecule has 2 aromatic rings. The number of ether oxygens (including phenoxy) is 1. The van der Waals surface area contributed by atoms with Gasteiger partial charge >= 0.3 is 5.97 Å². The predicted molar refractivity (Wildman–Crippen MR) is 106 cm³/mol. The number of sulfonamides is 1. The fourth-order valence-electron chi connectivity index (χ4n) is 2.57. The summed E-state index contributed by atoms with van der Waals surface area (Å²) in [6.45, 7) is 1.89. The number of halogens is 1. The van der Waals surface area contributed by atoms with E-state index < -0.39 is 27.9 Å². The molecule has 0 heterocycles. The molecule has 0 saturated carbocycles. The zero-order chi connectivity index (χ0) is 20.7. The molecule has 0 bridgehead atoms. The van der Waals surface area contributed by atoms with E-state index in [0.29, 0.717) is 10.6 Å². The van der Waals surface area contributed by atoms with Crippen LogP contribution < -0.4 is 10.0 Å². The maximum Gasteiger partial charge on any atom is 0.307 e. The van der Waals surface area contributed by atoms with Crippen molar-refractivity contribution in [2.24, 2.45) is 0 Å². The summed E-state index contributed by atoms with van der Waals surface area (Å²) in [4.78, 5) is 24.5. The van der Waals surface area contributed by atoms with Gasteiger partial charge in [-0.3, -0.25) is 9.59 Å². The predicted octanol–water partition coefficient (Wildman–Crippen LogP) is 2.67. The van der Waals surface area contributed by atoms with Gasteiger partial charge in [0.25, 0.3) is 5.91 Å². The van der Waals surface area contributed by atoms with Crippen LogP contribution in [0.25, 0.3) is 0 Å². The van der Waals surface area contributed by atoms with Crippen molar-refractivity contribution in [1.29, 1.82) is 0 Å². The fraction of sp³-hybridized carbons (Fsp3) is 0.263. The lowest BCUT2D eigenvalue weighted by molar-refractivity contribution is -0.141. The Morgan fingerprint density at radius 3 is 2.50 bits per heavy atom. The Balaban J connectivity index is 2.31. The normalized spacial score (nSPS) is 12.2. The average molecular weight is 425 g/mol. The number of esters is 1. The second-order valence-electron chi connectivity index (χ2n) is 5.86. The minimum atomic E-state index is -3.70. The number of rotatable bonds is 8. The topological polar surface area (TPSA) is 102 Å². The van der Waals surface area contributed by atoms with Gasteiger partial charge in [-0.25, -0.2) is 13.1 Å². The van der Waals surface area contributed by atoms with Crippen molar-refractivity contribution in [2.45, 2.75) is 24.3 Å². The Bertz CT molecular complexity index is 962. The molecule has 2 rings (SSSR count). The first-order chi connectivity index (χ1) is 13.3. The zero-order valence-corrected chi connectivity index (χ0v) is 17.0. The van der Waals surface area contributed by atoms with Crippen LogP contribution in [0.5, 0.6) is 0 Å². The summed E-state index contributed by atoms with van der Waals surface area (Å²) >= 11 is 6.20. The number of benzene rings is 2. The summed E-state index contributed by atoms with van der Waals surface area (Å²) in [6.07, 6.45) is -0.124. The number of hydrogen-bond acceptors (Lipinski definition) is 5. The van der Waals surface area contributed by atoms with Gasteiger partial charge in [-0.15, -0.1) is 0 Å². The van der Waals surface area contributed by atoms with Gasteiger partial charge < -0.3 is 10.1 Å². The molecule has 0 aliphatic carbocycles. The second-order valence-corrected chi connectivity index (χ2v) is 8.03. The number of carbonyl (C=O) groups excluding carboxylic acids is 2. The molecule has 9 heteroatoms. The van der Waals surface area contributed by atoms with E-state index in [4.69, 9.17) is 16.3 Å². The van der Waals surface area contributed by atoms with Gasteiger partial charge in [-0.2, -0.15) is 0 Å². The van der Waals surface area contributed by atoms with Crippen molar-refractivity contribution in [3.05, 3.63) is 64.7 Å². The highest BCUT2D eigenvalue weighted by atomic mass is 35.5. The van der Waals surface area contributed by atoms with Gasteiger partial charge in [0, 0.05) is 17.1 Å². The van der Waals surface area contributed by atoms with E-state index in [1.165, 1.54) is 31.4 Å². The van der Waals surface area contributed by atoms with Crippen LogP contribution in [0.2, 0.25) is 5.02 Å². The van der Waals surface area contributed by atoms with Crippen molar-refractivity contribution in [3.8, 4) is 0 Å². The number of methoxy groups -OCH3 is 1. The standard InChI is InChI=1S/C19H21ClN2O5S/c1-3-21-28(25,26)14-8-6-7-13(11-14)19(24)22-17(12-18(23)27-2)15-9-4-5-10-16(15)20/h4-11,17,21H,3,12H2,1-2H3,(H,22,24). The van der Waals surface area contributed by atoms with E-state index in [2.05, 4.69) is 10.0 Å². The van der Waals surface area contributed by atoms with Crippen LogP contribution in [0.3, 0.4) is 0 Å². The lowest BCUT2D eigenvalue weighted by atomic mass is 10.0. The van der Waals surface area contributed by atoms with E-state index in [1.54, 1.807) is 31.2 Å². The highest BCUT2D eigenvalue weighted by Crippen LogP contribution is 2.26. The smallest absolute Gasteiger partial charge is 0.307 e. The first-order valence-corrected chi connectivity index (χ1v) is 10.4. The molecule has 1 amide bonds. The molecule has 0 fully saturated rings. The Morgan fingerprint density at radius 1 is 1.14 bits per heavy atom. The molecule has 0 spiro atoms. The van der Waals surface area contributed by atoms with Gasteiger partial charge in [0.15, 0.2) is 0 Å². The average Bonchev–Trinajstić information content (AvgIpc) is 2.67. The lowest BCUT2D eigenvalue weighted by Crippen LogP contribution is -2.31. The van der Waals surface area contributed by atoms with Crippen LogP contribution >= 0.6 is 11.6 Å². The van der Waals surface area contributed by atoms with E-state index in [1.807, 2.05) is 0 Å². The van der Waals surface area contributed by atoms with E-state index in [9.17, 15) is 18.0 Å². The number of carbonyl (C=O) groups is 2. The van der Waals surface area contributed by atoms with Crippen LogP contribution in [-0.2, 0) is 19.6 Å². The molecule has 0 aliphatic heterocycles. The van der Waals surface area contributed by atoms with E-state index in [-0.39, 0.29) is 23.4 Å². The summed E-state index contributed by atoms with van der Waals surface area (Å²) in [7, 11) is -2.45. The third-order valence-corrected chi connectivity index (χ3v) is 5.81. The van der Waals surface area contributed by atoms with Crippen LogP contribution in [0, 0.1) is 0 Å². The van der Waals surface area contributed by atoms with Gasteiger partial charge in [0.2, 0.25) is 10.0 Å². The highest BCUT2D eigenvalue weighted by Gasteiger charge is 2.22. The largest absolute Gasteiger partial charge is 0.469 e. The maximum atomic E-state index is 12.7. The van der Waals surface area contributed by atoms with Crippen molar-refractivity contribution in [1.82, 2.24) is 10.0 Å². The highest BCUT2D eigenvalue weighted by molar-refractivity contribution is 7.89. The maximum absolute atomic E-state index is 12.7. The molecule has 2 aromatic carbocycles. The van der Waals surface area contributed by atoms with Crippen molar-refractivity contribution in [3.63, 3.8) is 0 Å². The molecule has 7 nitrogen and oxygen atoms in total. The first kappa shape index (κ1) is 21.9. The number of hydrogen-bond donors (Lipinski definition) is 2. The molecule has 1 unspecified atom stereocenters. The third-order valence-electron chi connectivity index (χ3n) is 3.93. The Labute approximate surface area is 169 Å². The summed E-state index contributed by atoms with van der Waals surface area (Å²) in [5, 5.41) is 3.12. The molecule has 28 heavy (non-hydrogen) atoms. The molecule has 0 aliphatic rings. The summed E-state index contributed by atoms with van der Waals surface area (Å²) < 4.78 is 31.4. The van der Waals surface area contributed by atoms with E-state index >= 15 is 0 Å². The summed E-state index contributed by atoms with van der Waals surface area (Å²) in [6, 6.07) is 11.7. The summed E-state index contributed by atoms with van der Waals surface area (Å²) in [5.41, 5.74) is 0.695. The molecular weight excluding hydrogens is 404 g/mol. The fourth-order valence-corrected chi connectivity index (χ4v) is 3.92. The second kappa shape index (κ2) is 9.68. The van der Waals surface area contributed by atoms with Gasteiger partial charge in [-0.1, -0.05) is 42.8 Å². The minimum absolute atomic E-state index is 0.0238. The Hall–Kier alpha value is -2.42. The molecule has 150 valence electrons. The Morgan fingerprint density at radius 2 is 1.86 bits per heavy atom. The molecule has 0 radical (unpaired) electrons. The third kappa shape index (κ3) is 5.54. The minimum Gasteiger partial charge on any atom is -0.469 e. The van der Waals surface area contributed by atoms with Crippen LogP contribution in [0.4, 0.5) is 0 Å². The summed E-state index contributed by atoms with van der Waals surface area (Å²) in [5.74, 6) is -1.06. The molecule has 0 aromatic heterocycles. The van der Waals surface area contributed by atoms with Crippen molar-refractivity contribution >= 4 is 33.5 Å². The Kier molecular flexibility index (Phi) is 7.56. The monoisotopic (exact) mass is 424 g/mol. The van der Waals surface area contributed by atoms with Gasteiger partial charge in [-0.05, 0) is 29.8 Å². The SMILES string of the molecule is CCNS(=O)(=O)c1cccc(C(=O)NC(CC(=O)OC)c2ccccc2Cl)c1. The molecule has 1 atom stereocenters. The van der Waals surface area contributed by atoms with Crippen LogP contribution in [0.15, 0.2) is 53.4 Å². The molecule has 0 saturated heterocycles.